The van der Waals surface area contributed by atoms with Crippen molar-refractivity contribution in [2.45, 2.75) is 20.1 Å². The molecule has 6 heteroatoms. The number of ether oxygens (including phenoxy) is 1. The van der Waals surface area contributed by atoms with Crippen LogP contribution >= 0.6 is 11.8 Å². The molecule has 0 saturated carbocycles. The predicted molar refractivity (Wildman–Crippen MR) is 120 cm³/mol. The minimum Gasteiger partial charge on any atom is -0.489 e. The molecule has 1 aliphatic heterocycles. The van der Waals surface area contributed by atoms with Crippen LogP contribution < -0.4 is 4.74 Å². The Morgan fingerprint density at radius 3 is 2.39 bits per heavy atom. The molecule has 1 saturated heterocycles. The van der Waals surface area contributed by atoms with Crippen molar-refractivity contribution >= 4 is 29.0 Å². The van der Waals surface area contributed by atoms with E-state index in [0.717, 1.165) is 27.8 Å². The summed E-state index contributed by atoms with van der Waals surface area (Å²) in [6.45, 7) is 2.42. The minimum absolute atomic E-state index is 0.0829. The number of hydrogen-bond acceptors (Lipinski definition) is 4. The lowest BCUT2D eigenvalue weighted by Gasteiger charge is -2.12. The highest BCUT2D eigenvalue weighted by molar-refractivity contribution is 8.18. The zero-order valence-electron chi connectivity index (χ0n) is 16.9. The van der Waals surface area contributed by atoms with E-state index in [1.165, 1.54) is 11.6 Å². The molecular formula is C25H20FNO3S. The van der Waals surface area contributed by atoms with E-state index in [1.807, 2.05) is 55.5 Å². The van der Waals surface area contributed by atoms with E-state index in [9.17, 15) is 14.0 Å². The van der Waals surface area contributed by atoms with Crippen LogP contribution in [0.2, 0.25) is 0 Å². The first-order chi connectivity index (χ1) is 15.0. The van der Waals surface area contributed by atoms with Crippen molar-refractivity contribution in [3.8, 4) is 5.75 Å². The lowest BCUT2D eigenvalue weighted by Crippen LogP contribution is -2.27. The number of halogens is 1. The summed E-state index contributed by atoms with van der Waals surface area (Å²) in [7, 11) is 0. The van der Waals surface area contributed by atoms with Gasteiger partial charge in [-0.15, -0.1) is 0 Å². The molecule has 1 fully saturated rings. The van der Waals surface area contributed by atoms with Crippen LogP contribution in [0, 0.1) is 12.7 Å². The maximum absolute atomic E-state index is 13.9. The molecule has 3 aromatic carbocycles. The van der Waals surface area contributed by atoms with Crippen molar-refractivity contribution in [3.63, 3.8) is 0 Å². The predicted octanol–water partition coefficient (Wildman–Crippen LogP) is 5.95. The number of thioether (sulfide) groups is 1. The third kappa shape index (κ3) is 5.03. The Bertz CT molecular complexity index is 1140. The summed E-state index contributed by atoms with van der Waals surface area (Å²) in [5, 5.41) is -0.405. The molecule has 156 valence electrons. The molecule has 1 aliphatic rings. The number of hydrogen-bond donors (Lipinski definition) is 0. The first-order valence-electron chi connectivity index (χ1n) is 9.77. The van der Waals surface area contributed by atoms with Crippen molar-refractivity contribution in [1.82, 2.24) is 4.90 Å². The van der Waals surface area contributed by atoms with E-state index >= 15 is 0 Å². The van der Waals surface area contributed by atoms with Crippen LogP contribution in [0.3, 0.4) is 0 Å². The van der Waals surface area contributed by atoms with Gasteiger partial charge < -0.3 is 4.74 Å². The molecule has 0 unspecified atom stereocenters. The largest absolute Gasteiger partial charge is 0.489 e. The third-order valence-electron chi connectivity index (χ3n) is 4.86. The van der Waals surface area contributed by atoms with Gasteiger partial charge in [-0.1, -0.05) is 60.2 Å². The standard InChI is InChI=1S/C25H20FNO3S/c1-17-6-8-19(9-7-17)16-30-21-12-10-18(11-13-21)14-23-24(28)27(25(29)31-23)15-20-4-2-3-5-22(20)26/h2-14H,15-16H2,1H3/b23-14-. The van der Waals surface area contributed by atoms with E-state index in [-0.39, 0.29) is 6.54 Å². The summed E-state index contributed by atoms with van der Waals surface area (Å²) in [4.78, 5) is 26.3. The number of aryl methyl sites for hydroxylation is 1. The van der Waals surface area contributed by atoms with Crippen LogP contribution in [0.4, 0.5) is 9.18 Å². The Labute approximate surface area is 184 Å². The van der Waals surface area contributed by atoms with Crippen molar-refractivity contribution in [2.24, 2.45) is 0 Å². The highest BCUT2D eigenvalue weighted by Gasteiger charge is 2.35. The average molecular weight is 434 g/mol. The molecule has 0 aromatic heterocycles. The van der Waals surface area contributed by atoms with Gasteiger partial charge in [0.25, 0.3) is 11.1 Å². The van der Waals surface area contributed by atoms with Gasteiger partial charge in [-0.05, 0) is 54.1 Å². The molecule has 0 spiro atoms. The Kier molecular flexibility index (Phi) is 6.18. The fourth-order valence-corrected chi connectivity index (χ4v) is 3.93. The van der Waals surface area contributed by atoms with E-state index in [0.29, 0.717) is 22.8 Å². The molecule has 0 N–H and O–H groups in total. The number of rotatable bonds is 6. The molecule has 1 heterocycles. The second-order valence-corrected chi connectivity index (χ2v) is 8.20. The number of imide groups is 1. The normalized spacial score (nSPS) is 15.0. The smallest absolute Gasteiger partial charge is 0.293 e. The second kappa shape index (κ2) is 9.18. The maximum atomic E-state index is 13.9. The molecule has 0 bridgehead atoms. The molecule has 4 rings (SSSR count). The number of amides is 2. The van der Waals surface area contributed by atoms with Gasteiger partial charge in [-0.3, -0.25) is 14.5 Å². The minimum atomic E-state index is -0.438. The SMILES string of the molecule is Cc1ccc(COc2ccc(/C=C3\SC(=O)N(Cc4ccccc4F)C3=O)cc2)cc1. The molecule has 0 radical (unpaired) electrons. The van der Waals surface area contributed by atoms with Crippen molar-refractivity contribution in [3.05, 3.63) is 106 Å². The molecule has 31 heavy (non-hydrogen) atoms. The Hall–Kier alpha value is -3.38. The van der Waals surface area contributed by atoms with E-state index in [4.69, 9.17) is 4.74 Å². The Morgan fingerprint density at radius 2 is 1.68 bits per heavy atom. The Balaban J connectivity index is 1.41. The van der Waals surface area contributed by atoms with Crippen LogP contribution in [-0.4, -0.2) is 16.0 Å². The molecule has 0 aliphatic carbocycles. The molecule has 2 amide bonds. The van der Waals surface area contributed by atoms with Crippen molar-refractivity contribution < 1.29 is 18.7 Å². The lowest BCUT2D eigenvalue weighted by molar-refractivity contribution is -0.123. The number of carbonyl (C=O) groups excluding carboxylic acids is 2. The number of nitrogens with zero attached hydrogens (tertiary/aromatic N) is 1. The molecule has 4 nitrogen and oxygen atoms in total. The van der Waals surface area contributed by atoms with Gasteiger partial charge in [-0.2, -0.15) is 0 Å². The van der Waals surface area contributed by atoms with Crippen molar-refractivity contribution in [2.75, 3.05) is 0 Å². The fraction of sp³-hybridized carbons (Fsp3) is 0.120. The topological polar surface area (TPSA) is 46.6 Å². The van der Waals surface area contributed by atoms with Gasteiger partial charge in [0, 0.05) is 5.56 Å². The zero-order chi connectivity index (χ0) is 21.8. The van der Waals surface area contributed by atoms with Gasteiger partial charge >= 0.3 is 0 Å². The summed E-state index contributed by atoms with van der Waals surface area (Å²) in [5.74, 6) is -0.143. The summed E-state index contributed by atoms with van der Waals surface area (Å²) in [6, 6.07) is 21.6. The van der Waals surface area contributed by atoms with Crippen molar-refractivity contribution in [1.29, 1.82) is 0 Å². The molecular weight excluding hydrogens is 413 g/mol. The summed E-state index contributed by atoms with van der Waals surface area (Å²) < 4.78 is 19.7. The van der Waals surface area contributed by atoms with E-state index in [1.54, 1.807) is 24.3 Å². The average Bonchev–Trinajstić information content (AvgIpc) is 3.03. The summed E-state index contributed by atoms with van der Waals surface area (Å²) in [5.41, 5.74) is 3.37. The molecule has 0 atom stereocenters. The third-order valence-corrected chi connectivity index (χ3v) is 5.77. The highest BCUT2D eigenvalue weighted by atomic mass is 32.2. The first-order valence-corrected chi connectivity index (χ1v) is 10.6. The van der Waals surface area contributed by atoms with Gasteiger partial charge in [0.05, 0.1) is 11.4 Å². The summed E-state index contributed by atoms with van der Waals surface area (Å²) in [6.07, 6.45) is 1.66. The van der Waals surface area contributed by atoms with Gasteiger partial charge in [0.1, 0.15) is 18.2 Å². The molecule has 3 aromatic rings. The monoisotopic (exact) mass is 433 g/mol. The van der Waals surface area contributed by atoms with Crippen LogP contribution in [0.5, 0.6) is 5.75 Å². The van der Waals surface area contributed by atoms with E-state index in [2.05, 4.69) is 0 Å². The fourth-order valence-electron chi connectivity index (χ4n) is 3.10. The second-order valence-electron chi connectivity index (χ2n) is 7.20. The van der Waals surface area contributed by atoms with Gasteiger partial charge in [0.15, 0.2) is 0 Å². The lowest BCUT2D eigenvalue weighted by atomic mass is 10.1. The van der Waals surface area contributed by atoms with Crippen LogP contribution in [0.25, 0.3) is 6.08 Å². The van der Waals surface area contributed by atoms with Crippen LogP contribution in [0.1, 0.15) is 22.3 Å². The number of carbonyl (C=O) groups is 2. The van der Waals surface area contributed by atoms with Crippen LogP contribution in [-0.2, 0) is 17.9 Å². The maximum Gasteiger partial charge on any atom is 0.293 e. The quantitative estimate of drug-likeness (QED) is 0.451. The highest BCUT2D eigenvalue weighted by Crippen LogP contribution is 2.33. The summed E-state index contributed by atoms with van der Waals surface area (Å²) >= 11 is 0.859. The zero-order valence-corrected chi connectivity index (χ0v) is 17.7. The number of benzene rings is 3. The Morgan fingerprint density at radius 1 is 0.968 bits per heavy atom. The van der Waals surface area contributed by atoms with Gasteiger partial charge in [0.2, 0.25) is 0 Å². The first kappa shape index (κ1) is 20.9. The van der Waals surface area contributed by atoms with Crippen LogP contribution in [0.15, 0.2) is 77.7 Å². The van der Waals surface area contributed by atoms with E-state index < -0.39 is 17.0 Å². The van der Waals surface area contributed by atoms with Gasteiger partial charge in [-0.25, -0.2) is 4.39 Å².